The second kappa shape index (κ2) is 15.0. The van der Waals surface area contributed by atoms with Gasteiger partial charge in [-0.15, -0.1) is 12.4 Å². The van der Waals surface area contributed by atoms with Gasteiger partial charge in [-0.25, -0.2) is 9.78 Å². The number of carboxylic acid groups (broad SMARTS) is 1. The van der Waals surface area contributed by atoms with E-state index in [1.165, 1.54) is 0 Å². The minimum absolute atomic E-state index is 0. The normalized spacial score (nSPS) is 18.2. The molecular weight excluding hydrogens is 589 g/mol. The monoisotopic (exact) mass is 629 g/mol. The van der Waals surface area contributed by atoms with Crippen molar-refractivity contribution in [1.82, 2.24) is 15.2 Å². The van der Waals surface area contributed by atoms with Gasteiger partial charge in [0, 0.05) is 17.7 Å². The van der Waals surface area contributed by atoms with Gasteiger partial charge in [-0.3, -0.25) is 4.79 Å². The molecule has 0 saturated heterocycles. The fourth-order valence-electron chi connectivity index (χ4n) is 5.34. The van der Waals surface area contributed by atoms with Crippen LogP contribution in [-0.2, 0) is 4.79 Å². The van der Waals surface area contributed by atoms with E-state index in [4.69, 9.17) is 21.3 Å². The second-order valence-corrected chi connectivity index (χ2v) is 11.6. The minimum Gasteiger partial charge on any atom is -0.492 e. The van der Waals surface area contributed by atoms with Crippen LogP contribution in [0.15, 0.2) is 48.5 Å². The smallest absolute Gasteiger partial charge is 0.329 e. The number of aryl methyl sites for hydroxylation is 2. The summed E-state index contributed by atoms with van der Waals surface area (Å²) >= 11 is 6.50. The third-order valence-corrected chi connectivity index (χ3v) is 8.37. The van der Waals surface area contributed by atoms with Crippen LogP contribution in [-0.4, -0.2) is 70.4 Å². The van der Waals surface area contributed by atoms with E-state index in [0.29, 0.717) is 35.9 Å². The predicted molar refractivity (Wildman–Crippen MR) is 172 cm³/mol. The van der Waals surface area contributed by atoms with Crippen molar-refractivity contribution in [3.63, 3.8) is 0 Å². The van der Waals surface area contributed by atoms with Crippen molar-refractivity contribution in [2.75, 3.05) is 26.7 Å². The van der Waals surface area contributed by atoms with Crippen molar-refractivity contribution in [1.29, 1.82) is 0 Å². The number of amides is 1. The Bertz CT molecular complexity index is 1440. The first-order valence-electron chi connectivity index (χ1n) is 14.5. The van der Waals surface area contributed by atoms with Gasteiger partial charge in [0.2, 0.25) is 0 Å². The molecule has 1 heterocycles. The standard InChI is InChI=1S/C33H40ClN3O5.ClH/c1-5-37(4)17-6-18-42-29-20-23(8-11-27(29)34)30-26(25-9-7-21(2)19-22(25)3)10-12-28(35-30)31(39)36-33(32(40)41)15-13-24(38)14-16-33;/h7-12,19-20,24,38H,5-6,13-18H2,1-4H3,(H,36,39)(H,40,41);1H. The first-order chi connectivity index (χ1) is 20.0. The van der Waals surface area contributed by atoms with Gasteiger partial charge in [-0.05, 0) is 94.9 Å². The lowest BCUT2D eigenvalue weighted by atomic mass is 9.80. The number of carboxylic acids is 1. The number of aliphatic carboxylic acids is 1. The summed E-state index contributed by atoms with van der Waals surface area (Å²) in [5.41, 5.74) is 3.93. The number of ether oxygens (including phenoxy) is 1. The van der Waals surface area contributed by atoms with E-state index < -0.39 is 23.5 Å². The van der Waals surface area contributed by atoms with Crippen LogP contribution < -0.4 is 10.1 Å². The Hall–Kier alpha value is -3.17. The van der Waals surface area contributed by atoms with Gasteiger partial charge in [0.1, 0.15) is 17.0 Å². The number of carbonyl (C=O) groups is 2. The van der Waals surface area contributed by atoms with Crippen molar-refractivity contribution in [3.05, 3.63) is 70.4 Å². The average molecular weight is 631 g/mol. The lowest BCUT2D eigenvalue weighted by molar-refractivity contribution is -0.146. The molecular formula is C33H41Cl2N3O5. The number of aromatic nitrogens is 1. The van der Waals surface area contributed by atoms with Crippen molar-refractivity contribution in [2.24, 2.45) is 0 Å². The molecule has 1 aliphatic carbocycles. The molecule has 0 unspecified atom stereocenters. The maximum absolute atomic E-state index is 13.5. The largest absolute Gasteiger partial charge is 0.492 e. The van der Waals surface area contributed by atoms with Crippen molar-refractivity contribution in [3.8, 4) is 28.1 Å². The highest BCUT2D eigenvalue weighted by Crippen LogP contribution is 2.37. The van der Waals surface area contributed by atoms with Gasteiger partial charge in [0.15, 0.2) is 0 Å². The summed E-state index contributed by atoms with van der Waals surface area (Å²) in [4.78, 5) is 32.7. The fourth-order valence-corrected chi connectivity index (χ4v) is 5.52. The van der Waals surface area contributed by atoms with E-state index in [9.17, 15) is 19.8 Å². The third-order valence-electron chi connectivity index (χ3n) is 8.06. The highest BCUT2D eigenvalue weighted by atomic mass is 35.5. The average Bonchev–Trinajstić information content (AvgIpc) is 2.97. The highest BCUT2D eigenvalue weighted by molar-refractivity contribution is 6.32. The number of rotatable bonds is 11. The van der Waals surface area contributed by atoms with Gasteiger partial charge in [-0.2, -0.15) is 0 Å². The Kier molecular flexibility index (Phi) is 12.0. The number of nitrogens with zero attached hydrogens (tertiary/aromatic N) is 2. The Morgan fingerprint density at radius 1 is 1.09 bits per heavy atom. The molecule has 0 bridgehead atoms. The van der Waals surface area contributed by atoms with Gasteiger partial charge in [0.05, 0.1) is 23.4 Å². The molecule has 1 aromatic heterocycles. The van der Waals surface area contributed by atoms with E-state index in [2.05, 4.69) is 30.3 Å². The zero-order chi connectivity index (χ0) is 30.4. The number of nitrogens with one attached hydrogen (secondary N) is 1. The fraction of sp³-hybridized carbons (Fsp3) is 0.424. The summed E-state index contributed by atoms with van der Waals surface area (Å²) < 4.78 is 6.05. The molecule has 0 aliphatic heterocycles. The maximum Gasteiger partial charge on any atom is 0.329 e. The van der Waals surface area contributed by atoms with E-state index >= 15 is 0 Å². The zero-order valence-corrected chi connectivity index (χ0v) is 26.7. The maximum atomic E-state index is 13.5. The van der Waals surface area contributed by atoms with Crippen LogP contribution in [0.3, 0.4) is 0 Å². The van der Waals surface area contributed by atoms with E-state index in [1.54, 1.807) is 12.1 Å². The topological polar surface area (TPSA) is 112 Å². The molecule has 3 aromatic rings. The molecule has 3 N–H and O–H groups in total. The molecule has 4 rings (SSSR count). The number of pyridine rings is 1. The van der Waals surface area contributed by atoms with Crippen molar-refractivity contribution < 1.29 is 24.5 Å². The van der Waals surface area contributed by atoms with Gasteiger partial charge < -0.3 is 25.2 Å². The highest BCUT2D eigenvalue weighted by Gasteiger charge is 2.43. The van der Waals surface area contributed by atoms with Crippen LogP contribution in [0.2, 0.25) is 5.02 Å². The van der Waals surface area contributed by atoms with Crippen LogP contribution in [0, 0.1) is 13.8 Å². The molecule has 1 fully saturated rings. The Balaban J connectivity index is 0.00000506. The molecule has 1 aliphatic rings. The number of hydrogen-bond acceptors (Lipinski definition) is 6. The molecule has 1 saturated carbocycles. The van der Waals surface area contributed by atoms with Gasteiger partial charge >= 0.3 is 5.97 Å². The molecule has 232 valence electrons. The Morgan fingerprint density at radius 2 is 1.79 bits per heavy atom. The molecule has 1 amide bonds. The first-order valence-corrected chi connectivity index (χ1v) is 14.8. The van der Waals surface area contributed by atoms with E-state index in [0.717, 1.165) is 47.3 Å². The summed E-state index contributed by atoms with van der Waals surface area (Å²) in [6.07, 6.45) is 1.18. The number of carbonyl (C=O) groups excluding carboxylic acids is 1. The zero-order valence-electron chi connectivity index (χ0n) is 25.2. The van der Waals surface area contributed by atoms with Crippen LogP contribution in [0.5, 0.6) is 5.75 Å². The Morgan fingerprint density at radius 3 is 2.44 bits per heavy atom. The second-order valence-electron chi connectivity index (χ2n) is 11.2. The summed E-state index contributed by atoms with van der Waals surface area (Å²) in [7, 11) is 2.06. The number of aliphatic hydroxyl groups is 1. The number of benzene rings is 2. The molecule has 2 aromatic carbocycles. The van der Waals surface area contributed by atoms with Crippen LogP contribution in [0.25, 0.3) is 22.4 Å². The molecule has 0 spiro atoms. The lowest BCUT2D eigenvalue weighted by Crippen LogP contribution is -2.57. The van der Waals surface area contributed by atoms with E-state index in [-0.39, 0.29) is 30.9 Å². The number of halogens is 2. The summed E-state index contributed by atoms with van der Waals surface area (Å²) in [5.74, 6) is -1.16. The molecule has 10 heteroatoms. The summed E-state index contributed by atoms with van der Waals surface area (Å²) in [5, 5.41) is 23.1. The van der Waals surface area contributed by atoms with Crippen molar-refractivity contribution >= 4 is 35.9 Å². The molecule has 8 nitrogen and oxygen atoms in total. The van der Waals surface area contributed by atoms with Gasteiger partial charge in [-0.1, -0.05) is 48.4 Å². The van der Waals surface area contributed by atoms with Crippen molar-refractivity contribution in [2.45, 2.75) is 64.5 Å². The predicted octanol–water partition coefficient (Wildman–Crippen LogP) is 6.32. The van der Waals surface area contributed by atoms with Crippen LogP contribution in [0.4, 0.5) is 0 Å². The first kappa shape index (κ1) is 34.3. The quantitative estimate of drug-likeness (QED) is 0.213. The summed E-state index contributed by atoms with van der Waals surface area (Å²) in [6.45, 7) is 8.54. The SMILES string of the molecule is CCN(C)CCCOc1cc(-c2nc(C(=O)NC3(C(=O)O)CCC(O)CC3)ccc2-c2ccc(C)cc2C)ccc1Cl.Cl. The third kappa shape index (κ3) is 8.26. The minimum atomic E-state index is -1.45. The molecule has 0 radical (unpaired) electrons. The van der Waals surface area contributed by atoms with Crippen LogP contribution in [0.1, 0.15) is 60.6 Å². The summed E-state index contributed by atoms with van der Waals surface area (Å²) in [6, 6.07) is 15.1. The van der Waals surface area contributed by atoms with Gasteiger partial charge in [0.25, 0.3) is 5.91 Å². The Labute approximate surface area is 264 Å². The van der Waals surface area contributed by atoms with E-state index in [1.807, 2.05) is 44.2 Å². The number of hydrogen-bond donors (Lipinski definition) is 3. The molecule has 0 atom stereocenters. The lowest BCUT2D eigenvalue weighted by Gasteiger charge is -2.35. The number of aliphatic hydroxyl groups excluding tert-OH is 1. The molecule has 43 heavy (non-hydrogen) atoms. The van der Waals surface area contributed by atoms with Crippen LogP contribution >= 0.6 is 24.0 Å².